The molecule has 0 saturated carbocycles. The van der Waals surface area contributed by atoms with Gasteiger partial charge in [0.2, 0.25) is 0 Å². The van der Waals surface area contributed by atoms with Gasteiger partial charge in [-0.1, -0.05) is 12.1 Å². The van der Waals surface area contributed by atoms with E-state index in [9.17, 15) is 4.39 Å². The minimum absolute atomic E-state index is 0.191. The summed E-state index contributed by atoms with van der Waals surface area (Å²) < 4.78 is 12.9. The Morgan fingerprint density at radius 1 is 1.09 bits per heavy atom. The van der Waals surface area contributed by atoms with E-state index in [1.165, 1.54) is 31.4 Å². The summed E-state index contributed by atoms with van der Waals surface area (Å²) in [6.45, 7) is 2.99. The molecule has 1 aliphatic rings. The van der Waals surface area contributed by atoms with Gasteiger partial charge in [0.1, 0.15) is 23.8 Å². The van der Waals surface area contributed by atoms with Gasteiger partial charge >= 0.3 is 0 Å². The Hall–Kier alpha value is -2.17. The van der Waals surface area contributed by atoms with Gasteiger partial charge in [0, 0.05) is 32.7 Å². The van der Waals surface area contributed by atoms with E-state index < -0.39 is 0 Å². The number of rotatable bonds is 5. The fraction of sp³-hybridized carbons (Fsp3) is 0.444. The average Bonchev–Trinajstić information content (AvgIpc) is 2.62. The molecule has 0 spiro atoms. The summed E-state index contributed by atoms with van der Waals surface area (Å²) in [5, 5.41) is 0. The van der Waals surface area contributed by atoms with Gasteiger partial charge in [-0.15, -0.1) is 0 Å². The number of hydrogen-bond donors (Lipinski definition) is 0. The predicted molar refractivity (Wildman–Crippen MR) is 91.5 cm³/mol. The highest BCUT2D eigenvalue weighted by Crippen LogP contribution is 2.20. The second-order valence-corrected chi connectivity index (χ2v) is 6.08. The first-order valence-electron chi connectivity index (χ1n) is 8.25. The van der Waals surface area contributed by atoms with Crippen LogP contribution in [0.2, 0.25) is 0 Å². The van der Waals surface area contributed by atoms with E-state index in [0.717, 1.165) is 43.3 Å². The van der Waals surface area contributed by atoms with Crippen LogP contribution < -0.4 is 9.80 Å². The van der Waals surface area contributed by atoms with Crippen molar-refractivity contribution in [2.24, 2.45) is 0 Å². The second-order valence-electron chi connectivity index (χ2n) is 6.08. The van der Waals surface area contributed by atoms with Crippen LogP contribution in [-0.4, -0.2) is 36.6 Å². The molecule has 0 amide bonds. The molecule has 0 bridgehead atoms. The molecule has 0 atom stereocenters. The molecule has 0 radical (unpaired) electrons. The Labute approximate surface area is 137 Å². The van der Waals surface area contributed by atoms with Crippen LogP contribution in [0, 0.1) is 5.82 Å². The molecular weight excluding hydrogens is 291 g/mol. The summed E-state index contributed by atoms with van der Waals surface area (Å²) >= 11 is 0. The van der Waals surface area contributed by atoms with Gasteiger partial charge in [-0.05, 0) is 43.4 Å². The van der Waals surface area contributed by atoms with Gasteiger partial charge in [-0.25, -0.2) is 14.4 Å². The number of aromatic nitrogens is 2. The molecule has 4 nitrogen and oxygen atoms in total. The van der Waals surface area contributed by atoms with Crippen LogP contribution in [0.15, 0.2) is 36.7 Å². The van der Waals surface area contributed by atoms with E-state index in [-0.39, 0.29) is 5.82 Å². The monoisotopic (exact) mass is 314 g/mol. The highest BCUT2D eigenvalue weighted by molar-refractivity contribution is 5.50. The van der Waals surface area contributed by atoms with Crippen LogP contribution >= 0.6 is 0 Å². The molecule has 1 aliphatic heterocycles. The van der Waals surface area contributed by atoms with Gasteiger partial charge in [0.05, 0.1) is 0 Å². The molecule has 0 N–H and O–H groups in total. The standard InChI is InChI=1S/C18H23FN4/c1-22(12-9-15-5-7-16(19)8-6-15)17-13-18(21-14-20-17)23-10-3-2-4-11-23/h5-8,13-14H,2-4,9-12H2,1H3. The molecule has 5 heteroatoms. The van der Waals surface area contributed by atoms with Crippen molar-refractivity contribution in [1.82, 2.24) is 9.97 Å². The molecule has 2 aromatic rings. The first-order chi connectivity index (χ1) is 11.2. The van der Waals surface area contributed by atoms with Crippen molar-refractivity contribution in [3.63, 3.8) is 0 Å². The molecule has 1 saturated heterocycles. The van der Waals surface area contributed by atoms with E-state index in [4.69, 9.17) is 0 Å². The van der Waals surface area contributed by atoms with Crippen LogP contribution in [0.1, 0.15) is 24.8 Å². The first kappa shape index (κ1) is 15.7. The number of halogens is 1. The quantitative estimate of drug-likeness (QED) is 0.848. The summed E-state index contributed by atoms with van der Waals surface area (Å²) in [4.78, 5) is 13.3. The average molecular weight is 314 g/mol. The van der Waals surface area contributed by atoms with Crippen molar-refractivity contribution in [3.8, 4) is 0 Å². The first-order valence-corrected chi connectivity index (χ1v) is 8.25. The minimum Gasteiger partial charge on any atom is -0.359 e. The van der Waals surface area contributed by atoms with Crippen LogP contribution in [-0.2, 0) is 6.42 Å². The molecule has 122 valence electrons. The lowest BCUT2D eigenvalue weighted by molar-refractivity contribution is 0.573. The molecule has 23 heavy (non-hydrogen) atoms. The molecule has 1 aromatic heterocycles. The van der Waals surface area contributed by atoms with Crippen molar-refractivity contribution >= 4 is 11.6 Å². The Balaban J connectivity index is 1.62. The predicted octanol–water partition coefficient (Wildman–Crippen LogP) is 3.28. The largest absolute Gasteiger partial charge is 0.359 e. The van der Waals surface area contributed by atoms with Crippen LogP contribution in [0.25, 0.3) is 0 Å². The molecule has 0 aliphatic carbocycles. The second kappa shape index (κ2) is 7.40. The Morgan fingerprint density at radius 2 is 1.83 bits per heavy atom. The zero-order valence-electron chi connectivity index (χ0n) is 13.6. The van der Waals surface area contributed by atoms with Crippen molar-refractivity contribution < 1.29 is 4.39 Å². The Kier molecular flexibility index (Phi) is 5.05. The van der Waals surface area contributed by atoms with Crippen molar-refractivity contribution in [2.45, 2.75) is 25.7 Å². The van der Waals surface area contributed by atoms with Gasteiger partial charge in [0.15, 0.2) is 0 Å². The zero-order valence-corrected chi connectivity index (χ0v) is 13.6. The maximum absolute atomic E-state index is 12.9. The lowest BCUT2D eigenvalue weighted by Crippen LogP contribution is -2.30. The molecule has 3 rings (SSSR count). The Bertz CT molecular complexity index is 623. The lowest BCUT2D eigenvalue weighted by atomic mass is 10.1. The normalized spacial score (nSPS) is 14.8. The highest BCUT2D eigenvalue weighted by atomic mass is 19.1. The third-order valence-electron chi connectivity index (χ3n) is 4.36. The molecule has 1 fully saturated rings. The fourth-order valence-electron chi connectivity index (χ4n) is 2.90. The minimum atomic E-state index is -0.191. The van der Waals surface area contributed by atoms with Crippen LogP contribution in [0.4, 0.5) is 16.0 Å². The lowest BCUT2D eigenvalue weighted by Gasteiger charge is -2.28. The number of nitrogens with zero attached hydrogens (tertiary/aromatic N) is 4. The maximum Gasteiger partial charge on any atom is 0.134 e. The van der Waals surface area contributed by atoms with E-state index in [2.05, 4.69) is 25.8 Å². The molecule has 2 heterocycles. The summed E-state index contributed by atoms with van der Waals surface area (Å²) in [5.41, 5.74) is 1.13. The van der Waals surface area contributed by atoms with Gasteiger partial charge < -0.3 is 9.80 Å². The van der Waals surface area contributed by atoms with Crippen LogP contribution in [0.5, 0.6) is 0 Å². The number of benzene rings is 1. The maximum atomic E-state index is 12.9. The topological polar surface area (TPSA) is 32.3 Å². The molecule has 1 aromatic carbocycles. The zero-order chi connectivity index (χ0) is 16.1. The third kappa shape index (κ3) is 4.18. The summed E-state index contributed by atoms with van der Waals surface area (Å²) in [5.74, 6) is 1.76. The fourth-order valence-corrected chi connectivity index (χ4v) is 2.90. The number of hydrogen-bond acceptors (Lipinski definition) is 4. The number of likely N-dealkylation sites (N-methyl/N-ethyl adjacent to an activating group) is 1. The van der Waals surface area contributed by atoms with E-state index in [1.807, 2.05) is 19.2 Å². The van der Waals surface area contributed by atoms with Gasteiger partial charge in [-0.2, -0.15) is 0 Å². The van der Waals surface area contributed by atoms with Crippen molar-refractivity contribution in [1.29, 1.82) is 0 Å². The van der Waals surface area contributed by atoms with E-state index >= 15 is 0 Å². The SMILES string of the molecule is CN(CCc1ccc(F)cc1)c1cc(N2CCCCC2)ncn1. The Morgan fingerprint density at radius 3 is 2.57 bits per heavy atom. The number of piperidine rings is 1. The summed E-state index contributed by atoms with van der Waals surface area (Å²) in [6.07, 6.45) is 6.29. The van der Waals surface area contributed by atoms with Crippen LogP contribution in [0.3, 0.4) is 0 Å². The number of anilines is 2. The van der Waals surface area contributed by atoms with Gasteiger partial charge in [-0.3, -0.25) is 0 Å². The van der Waals surface area contributed by atoms with Crippen molar-refractivity contribution in [3.05, 3.63) is 48.0 Å². The highest BCUT2D eigenvalue weighted by Gasteiger charge is 2.13. The van der Waals surface area contributed by atoms with E-state index in [1.54, 1.807) is 6.33 Å². The van der Waals surface area contributed by atoms with Crippen molar-refractivity contribution in [2.75, 3.05) is 36.5 Å². The molecular formula is C18H23FN4. The summed E-state index contributed by atoms with van der Waals surface area (Å²) in [6, 6.07) is 8.75. The smallest absolute Gasteiger partial charge is 0.134 e. The molecule has 0 unspecified atom stereocenters. The van der Waals surface area contributed by atoms with E-state index in [0.29, 0.717) is 0 Å². The van der Waals surface area contributed by atoms with Gasteiger partial charge in [0.25, 0.3) is 0 Å². The summed E-state index contributed by atoms with van der Waals surface area (Å²) in [7, 11) is 2.03. The third-order valence-corrected chi connectivity index (χ3v) is 4.36.